The molecule has 16 heavy (non-hydrogen) atoms. The van der Waals surface area contributed by atoms with Gasteiger partial charge in [0.2, 0.25) is 0 Å². The number of fused-ring (bicyclic) bond motifs is 1. The van der Waals surface area contributed by atoms with E-state index >= 15 is 0 Å². The Labute approximate surface area is 93.6 Å². The highest BCUT2D eigenvalue weighted by Gasteiger charge is 2.24. The predicted molar refractivity (Wildman–Crippen MR) is 59.6 cm³/mol. The maximum atomic E-state index is 5.81. The minimum atomic E-state index is 0.312. The van der Waals surface area contributed by atoms with E-state index in [0.29, 0.717) is 6.10 Å². The third-order valence-corrected chi connectivity index (χ3v) is 2.74. The molecule has 5 heteroatoms. The van der Waals surface area contributed by atoms with E-state index in [-0.39, 0.29) is 0 Å². The largest absolute Gasteiger partial charge is 0.486 e. The van der Waals surface area contributed by atoms with Crippen LogP contribution in [0.4, 0.5) is 0 Å². The summed E-state index contributed by atoms with van der Waals surface area (Å²) in [5.41, 5.74) is 0.857. The number of hydrogen-bond acceptors (Lipinski definition) is 4. The van der Waals surface area contributed by atoms with Gasteiger partial charge in [-0.1, -0.05) is 0 Å². The van der Waals surface area contributed by atoms with Crippen molar-refractivity contribution >= 4 is 5.65 Å². The summed E-state index contributed by atoms with van der Waals surface area (Å²) in [6.45, 7) is 3.87. The summed E-state index contributed by atoms with van der Waals surface area (Å²) >= 11 is 0. The molecule has 0 unspecified atom stereocenters. The number of aromatic nitrogens is 3. The monoisotopic (exact) mass is 218 g/mol. The van der Waals surface area contributed by atoms with Gasteiger partial charge in [-0.25, -0.2) is 9.50 Å². The van der Waals surface area contributed by atoms with Gasteiger partial charge in [-0.05, 0) is 26.1 Å². The molecule has 0 aliphatic carbocycles. The number of likely N-dealkylation sites (tertiary alicyclic amines) is 1. The first-order valence-electron chi connectivity index (χ1n) is 5.39. The van der Waals surface area contributed by atoms with Crippen molar-refractivity contribution in [1.29, 1.82) is 0 Å². The molecule has 1 saturated heterocycles. The molecule has 0 saturated carbocycles. The Kier molecular flexibility index (Phi) is 2.07. The van der Waals surface area contributed by atoms with Crippen LogP contribution in [-0.4, -0.2) is 45.7 Å². The molecule has 0 atom stereocenters. The van der Waals surface area contributed by atoms with Gasteiger partial charge >= 0.3 is 0 Å². The molecule has 0 amide bonds. The minimum absolute atomic E-state index is 0.312. The molecule has 3 heterocycles. The first kappa shape index (κ1) is 9.59. The van der Waals surface area contributed by atoms with E-state index < -0.39 is 0 Å². The molecule has 2 aromatic heterocycles. The lowest BCUT2D eigenvalue weighted by atomic mass is 10.2. The van der Waals surface area contributed by atoms with Crippen LogP contribution in [0, 0.1) is 6.92 Å². The van der Waals surface area contributed by atoms with E-state index in [1.807, 2.05) is 25.3 Å². The summed E-state index contributed by atoms with van der Waals surface area (Å²) in [5, 5.41) is 4.26. The van der Waals surface area contributed by atoms with Crippen LogP contribution in [0.25, 0.3) is 5.65 Å². The Bertz CT molecular complexity index is 516. The summed E-state index contributed by atoms with van der Waals surface area (Å²) in [4.78, 5) is 6.49. The Balaban J connectivity index is 1.82. The van der Waals surface area contributed by atoms with Gasteiger partial charge in [0.1, 0.15) is 17.7 Å². The molecule has 0 aromatic carbocycles. The second kappa shape index (κ2) is 3.45. The fourth-order valence-corrected chi connectivity index (χ4v) is 1.95. The second-order valence-corrected chi connectivity index (χ2v) is 4.29. The smallest absolute Gasteiger partial charge is 0.155 e. The number of hydrogen-bond donors (Lipinski definition) is 0. The fraction of sp³-hybridized carbons (Fsp3) is 0.455. The Hall–Kier alpha value is -1.62. The molecule has 84 valence electrons. The lowest BCUT2D eigenvalue weighted by Crippen LogP contribution is -2.51. The van der Waals surface area contributed by atoms with Crippen LogP contribution in [0.3, 0.4) is 0 Å². The van der Waals surface area contributed by atoms with Crippen LogP contribution in [0.15, 0.2) is 18.3 Å². The van der Waals surface area contributed by atoms with Crippen LogP contribution in [-0.2, 0) is 0 Å². The van der Waals surface area contributed by atoms with Crippen molar-refractivity contribution in [3.8, 4) is 5.75 Å². The van der Waals surface area contributed by atoms with Gasteiger partial charge in [-0.3, -0.25) is 4.90 Å². The molecule has 1 fully saturated rings. The Morgan fingerprint density at radius 3 is 2.94 bits per heavy atom. The standard InChI is InChI=1S/C11H14N4O/c1-8-12-11-4-3-9(7-15(11)13-8)16-10-5-14(2)6-10/h3-4,7,10H,5-6H2,1-2H3. The van der Waals surface area contributed by atoms with Crippen molar-refractivity contribution in [1.82, 2.24) is 19.5 Å². The SMILES string of the molecule is Cc1nc2ccc(OC3CN(C)C3)cn2n1. The van der Waals surface area contributed by atoms with Gasteiger partial charge in [0, 0.05) is 13.1 Å². The van der Waals surface area contributed by atoms with Crippen LogP contribution >= 0.6 is 0 Å². The van der Waals surface area contributed by atoms with Gasteiger partial charge in [-0.15, -0.1) is 0 Å². The molecular formula is C11H14N4O. The number of likely N-dealkylation sites (N-methyl/N-ethyl adjacent to an activating group) is 1. The predicted octanol–water partition coefficient (Wildman–Crippen LogP) is 0.731. The van der Waals surface area contributed by atoms with Crippen molar-refractivity contribution in [3.63, 3.8) is 0 Å². The molecule has 5 nitrogen and oxygen atoms in total. The molecule has 1 aliphatic rings. The number of pyridine rings is 1. The van der Waals surface area contributed by atoms with Gasteiger partial charge < -0.3 is 4.74 Å². The Morgan fingerprint density at radius 1 is 1.38 bits per heavy atom. The highest BCUT2D eigenvalue weighted by molar-refractivity contribution is 5.40. The van der Waals surface area contributed by atoms with E-state index in [9.17, 15) is 0 Å². The topological polar surface area (TPSA) is 42.7 Å². The zero-order valence-electron chi connectivity index (χ0n) is 9.42. The Morgan fingerprint density at radius 2 is 2.19 bits per heavy atom. The van der Waals surface area contributed by atoms with Crippen LogP contribution in [0.1, 0.15) is 5.82 Å². The second-order valence-electron chi connectivity index (χ2n) is 4.29. The first-order chi connectivity index (χ1) is 7.70. The number of rotatable bonds is 2. The van der Waals surface area contributed by atoms with Gasteiger partial charge in [-0.2, -0.15) is 5.10 Å². The first-order valence-corrected chi connectivity index (χ1v) is 5.39. The molecule has 0 radical (unpaired) electrons. The van der Waals surface area contributed by atoms with Crippen molar-refractivity contribution in [2.24, 2.45) is 0 Å². The van der Waals surface area contributed by atoms with E-state index in [1.165, 1.54) is 0 Å². The lowest BCUT2D eigenvalue weighted by molar-refractivity contribution is 0.0385. The number of aryl methyl sites for hydroxylation is 1. The third-order valence-electron chi connectivity index (χ3n) is 2.74. The van der Waals surface area contributed by atoms with Gasteiger partial charge in [0.05, 0.1) is 6.20 Å². The van der Waals surface area contributed by atoms with Crippen LogP contribution in [0.5, 0.6) is 5.75 Å². The molecule has 2 aromatic rings. The average Bonchev–Trinajstić information content (AvgIpc) is 2.55. The van der Waals surface area contributed by atoms with Gasteiger partial charge in [0.25, 0.3) is 0 Å². The highest BCUT2D eigenvalue weighted by Crippen LogP contribution is 2.17. The maximum Gasteiger partial charge on any atom is 0.155 e. The summed E-state index contributed by atoms with van der Waals surface area (Å²) in [7, 11) is 2.09. The molecule has 1 aliphatic heterocycles. The van der Waals surface area contributed by atoms with Crippen molar-refractivity contribution < 1.29 is 4.74 Å². The molecule has 0 N–H and O–H groups in total. The van der Waals surface area contributed by atoms with Crippen LogP contribution in [0.2, 0.25) is 0 Å². The number of ether oxygens (including phenoxy) is 1. The molecule has 0 spiro atoms. The zero-order chi connectivity index (χ0) is 11.1. The van der Waals surface area contributed by atoms with E-state index in [1.54, 1.807) is 4.52 Å². The summed E-state index contributed by atoms with van der Waals surface area (Å²) in [5.74, 6) is 1.64. The summed E-state index contributed by atoms with van der Waals surface area (Å²) in [6.07, 6.45) is 2.19. The van der Waals surface area contributed by atoms with Crippen LogP contribution < -0.4 is 4.74 Å². The van der Waals surface area contributed by atoms with Crippen molar-refractivity contribution in [2.75, 3.05) is 20.1 Å². The van der Waals surface area contributed by atoms with E-state index in [4.69, 9.17) is 4.74 Å². The zero-order valence-corrected chi connectivity index (χ0v) is 9.42. The van der Waals surface area contributed by atoms with Crippen molar-refractivity contribution in [3.05, 3.63) is 24.2 Å². The number of nitrogens with zero attached hydrogens (tertiary/aromatic N) is 4. The van der Waals surface area contributed by atoms with Gasteiger partial charge in [0.15, 0.2) is 5.65 Å². The lowest BCUT2D eigenvalue weighted by Gasteiger charge is -2.35. The van der Waals surface area contributed by atoms with Crippen molar-refractivity contribution in [2.45, 2.75) is 13.0 Å². The molecular weight excluding hydrogens is 204 g/mol. The summed E-state index contributed by atoms with van der Waals surface area (Å²) < 4.78 is 7.56. The maximum absolute atomic E-state index is 5.81. The summed E-state index contributed by atoms with van der Waals surface area (Å²) in [6, 6.07) is 3.87. The quantitative estimate of drug-likeness (QED) is 0.745. The average molecular weight is 218 g/mol. The third kappa shape index (κ3) is 1.63. The van der Waals surface area contributed by atoms with E-state index in [0.717, 1.165) is 30.3 Å². The molecule has 3 rings (SSSR count). The molecule has 0 bridgehead atoms. The highest BCUT2D eigenvalue weighted by atomic mass is 16.5. The minimum Gasteiger partial charge on any atom is -0.486 e. The van der Waals surface area contributed by atoms with E-state index in [2.05, 4.69) is 22.0 Å². The fourth-order valence-electron chi connectivity index (χ4n) is 1.95. The normalized spacial score (nSPS) is 17.6.